The highest BCUT2D eigenvalue weighted by atomic mass is 79.9. The van der Waals surface area contributed by atoms with Gasteiger partial charge in [-0.2, -0.15) is 0 Å². The molecule has 1 unspecified atom stereocenters. The van der Waals surface area contributed by atoms with Crippen LogP contribution in [0.25, 0.3) is 0 Å². The molecule has 1 heterocycles. The first kappa shape index (κ1) is 16.8. The van der Waals surface area contributed by atoms with Crippen molar-refractivity contribution in [2.75, 3.05) is 4.90 Å². The number of nitrogens with zero attached hydrogens (tertiary/aromatic N) is 2. The van der Waals surface area contributed by atoms with Crippen LogP contribution in [0, 0.1) is 11.8 Å². The van der Waals surface area contributed by atoms with E-state index in [0.29, 0.717) is 15.7 Å². The first-order valence-corrected chi connectivity index (χ1v) is 9.03. The Labute approximate surface area is 162 Å². The van der Waals surface area contributed by atoms with Crippen LogP contribution in [0.3, 0.4) is 0 Å². The number of hydrogen-bond acceptors (Lipinski definition) is 3. The molecule has 0 radical (unpaired) electrons. The van der Waals surface area contributed by atoms with Crippen molar-refractivity contribution in [2.45, 2.75) is 5.54 Å². The van der Waals surface area contributed by atoms with Gasteiger partial charge in [0.15, 0.2) is 0 Å². The standard InChI is InChI=1S/C18H11BrCl2N2O2/c1-22-18(9-2-4-10(19)5-3-9)14-15(18)17(25)23(16(14)24)13-7-11(20)6-12(21)8-13/h2-8,14-15H,1H2/t14-,15+,18?. The number of hydrogen-bond donors (Lipinski definition) is 0. The molecule has 126 valence electrons. The number of carbonyl (C=O) groups is 2. The lowest BCUT2D eigenvalue weighted by Crippen LogP contribution is -2.38. The molecule has 2 aromatic carbocycles. The van der Waals surface area contributed by atoms with E-state index in [9.17, 15) is 9.59 Å². The third-order valence-electron chi connectivity index (χ3n) is 4.82. The van der Waals surface area contributed by atoms with E-state index < -0.39 is 17.4 Å². The van der Waals surface area contributed by atoms with Gasteiger partial charge in [0.05, 0.1) is 17.5 Å². The number of aliphatic imine (C=N–C) groups is 1. The van der Waals surface area contributed by atoms with E-state index in [1.807, 2.05) is 24.3 Å². The van der Waals surface area contributed by atoms with Crippen molar-refractivity contribution in [1.82, 2.24) is 0 Å². The molecule has 1 aliphatic carbocycles. The zero-order valence-corrected chi connectivity index (χ0v) is 15.8. The monoisotopic (exact) mass is 436 g/mol. The summed E-state index contributed by atoms with van der Waals surface area (Å²) < 4.78 is 0.911. The summed E-state index contributed by atoms with van der Waals surface area (Å²) in [5, 5.41) is 0.731. The van der Waals surface area contributed by atoms with Crippen LogP contribution in [-0.4, -0.2) is 18.5 Å². The van der Waals surface area contributed by atoms with Gasteiger partial charge in [-0.1, -0.05) is 51.3 Å². The highest BCUT2D eigenvalue weighted by Gasteiger charge is 2.78. The van der Waals surface area contributed by atoms with E-state index in [-0.39, 0.29) is 11.8 Å². The number of fused-ring (bicyclic) bond motifs is 1. The van der Waals surface area contributed by atoms with Crippen LogP contribution < -0.4 is 4.90 Å². The highest BCUT2D eigenvalue weighted by Crippen LogP contribution is 2.65. The molecule has 1 saturated heterocycles. The summed E-state index contributed by atoms with van der Waals surface area (Å²) in [7, 11) is 0. The number of benzene rings is 2. The number of halogens is 3. The highest BCUT2D eigenvalue weighted by molar-refractivity contribution is 9.10. The average Bonchev–Trinajstić information content (AvgIpc) is 3.17. The molecule has 2 aromatic rings. The molecule has 1 saturated carbocycles. The molecule has 0 bridgehead atoms. The predicted octanol–water partition coefficient (Wildman–Crippen LogP) is 4.47. The van der Waals surface area contributed by atoms with Gasteiger partial charge in [-0.25, -0.2) is 4.90 Å². The summed E-state index contributed by atoms with van der Waals surface area (Å²) in [6.45, 7) is 3.64. The smallest absolute Gasteiger partial charge is 0.240 e. The second-order valence-electron chi connectivity index (χ2n) is 6.09. The second-order valence-corrected chi connectivity index (χ2v) is 7.87. The minimum absolute atomic E-state index is 0.302. The molecule has 3 atom stereocenters. The van der Waals surface area contributed by atoms with Gasteiger partial charge in [-0.15, -0.1) is 0 Å². The summed E-state index contributed by atoms with van der Waals surface area (Å²) in [5.74, 6) is -1.69. The molecule has 0 spiro atoms. The van der Waals surface area contributed by atoms with Gasteiger partial charge in [-0.05, 0) is 42.6 Å². The van der Waals surface area contributed by atoms with E-state index in [0.717, 1.165) is 14.9 Å². The molecule has 0 aromatic heterocycles. The SMILES string of the molecule is C=NC1(c2ccc(Br)cc2)[C@@H]2C(=O)N(c3cc(Cl)cc(Cl)c3)C(=O)[C@@H]21. The van der Waals surface area contributed by atoms with Gasteiger partial charge in [-0.3, -0.25) is 14.6 Å². The quantitative estimate of drug-likeness (QED) is 0.525. The maximum absolute atomic E-state index is 12.9. The molecule has 2 amide bonds. The molecule has 2 aliphatic rings. The Hall–Kier alpha value is -1.69. The van der Waals surface area contributed by atoms with Gasteiger partial charge < -0.3 is 0 Å². The number of carbonyl (C=O) groups excluding carboxylic acids is 2. The number of imide groups is 1. The normalized spacial score (nSPS) is 27.4. The van der Waals surface area contributed by atoms with Crippen LogP contribution in [-0.2, 0) is 15.1 Å². The first-order chi connectivity index (χ1) is 11.9. The van der Waals surface area contributed by atoms with E-state index in [1.54, 1.807) is 18.2 Å². The van der Waals surface area contributed by atoms with Crippen LogP contribution in [0.5, 0.6) is 0 Å². The molecular weight excluding hydrogens is 427 g/mol. The van der Waals surface area contributed by atoms with Crippen molar-refractivity contribution < 1.29 is 9.59 Å². The molecule has 4 nitrogen and oxygen atoms in total. The largest absolute Gasteiger partial charge is 0.288 e. The Morgan fingerprint density at radius 3 is 2.00 bits per heavy atom. The molecule has 4 rings (SSSR count). The van der Waals surface area contributed by atoms with Crippen LogP contribution >= 0.6 is 39.1 Å². The lowest BCUT2D eigenvalue weighted by atomic mass is 9.99. The summed E-state index contributed by atoms with van der Waals surface area (Å²) in [5.41, 5.74) is 0.313. The van der Waals surface area contributed by atoms with Gasteiger partial charge >= 0.3 is 0 Å². The van der Waals surface area contributed by atoms with E-state index in [1.165, 1.54) is 0 Å². The second kappa shape index (κ2) is 5.66. The number of anilines is 1. The predicted molar refractivity (Wildman–Crippen MR) is 101 cm³/mol. The number of rotatable bonds is 3. The van der Waals surface area contributed by atoms with E-state index in [2.05, 4.69) is 27.6 Å². The first-order valence-electron chi connectivity index (χ1n) is 7.48. The minimum atomic E-state index is -0.881. The van der Waals surface area contributed by atoms with Crippen molar-refractivity contribution >= 4 is 63.4 Å². The third-order valence-corrected chi connectivity index (χ3v) is 5.78. The van der Waals surface area contributed by atoms with Crippen molar-refractivity contribution in [3.8, 4) is 0 Å². The van der Waals surface area contributed by atoms with Gasteiger partial charge in [0.1, 0.15) is 5.54 Å². The lowest BCUT2D eigenvalue weighted by Gasteiger charge is -2.23. The summed E-state index contributed by atoms with van der Waals surface area (Å²) in [4.78, 5) is 31.2. The maximum atomic E-state index is 12.9. The Balaban J connectivity index is 1.73. The summed E-state index contributed by atoms with van der Waals surface area (Å²) in [6, 6.07) is 12.1. The fraction of sp³-hybridized carbons (Fsp3) is 0.167. The lowest BCUT2D eigenvalue weighted by molar-refractivity contribution is -0.124. The molecule has 7 heteroatoms. The number of piperidine rings is 1. The third kappa shape index (κ3) is 2.30. The molecule has 25 heavy (non-hydrogen) atoms. The topological polar surface area (TPSA) is 49.7 Å². The molecule has 2 fully saturated rings. The van der Waals surface area contributed by atoms with Crippen molar-refractivity contribution in [3.63, 3.8) is 0 Å². The summed E-state index contributed by atoms with van der Waals surface area (Å²) >= 11 is 15.4. The van der Waals surface area contributed by atoms with Crippen molar-refractivity contribution in [2.24, 2.45) is 16.8 Å². The Morgan fingerprint density at radius 1 is 1.00 bits per heavy atom. The average molecular weight is 438 g/mol. The molecule has 1 aliphatic heterocycles. The van der Waals surface area contributed by atoms with Crippen LogP contribution in [0.1, 0.15) is 5.56 Å². The van der Waals surface area contributed by atoms with Gasteiger partial charge in [0.2, 0.25) is 11.8 Å². The Bertz CT molecular complexity index is 887. The minimum Gasteiger partial charge on any atom is -0.288 e. The maximum Gasteiger partial charge on any atom is 0.240 e. The van der Waals surface area contributed by atoms with E-state index >= 15 is 0 Å². The zero-order valence-electron chi connectivity index (χ0n) is 12.7. The summed E-state index contributed by atoms with van der Waals surface area (Å²) in [6.07, 6.45) is 0. The van der Waals surface area contributed by atoms with Gasteiger partial charge in [0, 0.05) is 14.5 Å². The fourth-order valence-corrected chi connectivity index (χ4v) is 4.49. The van der Waals surface area contributed by atoms with Crippen molar-refractivity contribution in [1.29, 1.82) is 0 Å². The van der Waals surface area contributed by atoms with Crippen LogP contribution in [0.4, 0.5) is 5.69 Å². The number of amides is 2. The molecule has 0 N–H and O–H groups in total. The van der Waals surface area contributed by atoms with Crippen LogP contribution in [0.15, 0.2) is 51.9 Å². The Morgan fingerprint density at radius 2 is 1.52 bits per heavy atom. The zero-order chi connectivity index (χ0) is 17.9. The van der Waals surface area contributed by atoms with Crippen molar-refractivity contribution in [3.05, 3.63) is 62.5 Å². The molecular formula is C18H11BrCl2N2O2. The fourth-order valence-electron chi connectivity index (χ4n) is 3.71. The van der Waals surface area contributed by atoms with Gasteiger partial charge in [0.25, 0.3) is 0 Å². The van der Waals surface area contributed by atoms with Crippen LogP contribution in [0.2, 0.25) is 10.0 Å². The Kier molecular flexibility index (Phi) is 3.79. The van der Waals surface area contributed by atoms with E-state index in [4.69, 9.17) is 23.2 Å².